The van der Waals surface area contributed by atoms with Crippen molar-refractivity contribution >= 4 is 64.6 Å². The Kier molecular flexibility index (Phi) is 18.7. The maximum atomic E-state index is 13.7. The van der Waals surface area contributed by atoms with Gasteiger partial charge in [0.25, 0.3) is 0 Å². The van der Waals surface area contributed by atoms with Gasteiger partial charge in [-0.3, -0.25) is 9.59 Å². The maximum Gasteiger partial charge on any atom is 2.00 e. The Balaban J connectivity index is 0.00000793. The van der Waals surface area contributed by atoms with E-state index >= 15 is 0 Å². The Labute approximate surface area is 405 Å². The number of rotatable bonds is 20. The number of aliphatic hydroxyl groups excluding tert-OH is 1. The van der Waals surface area contributed by atoms with Crippen molar-refractivity contribution in [3.05, 3.63) is 89.7 Å². The van der Waals surface area contributed by atoms with Crippen molar-refractivity contribution in [2.75, 3.05) is 13.7 Å². The summed E-state index contributed by atoms with van der Waals surface area (Å²) in [5, 5.41) is 20.2. The summed E-state index contributed by atoms with van der Waals surface area (Å²) in [5.41, 5.74) is 9.57. The number of ether oxygens (including phenoxy) is 2. The van der Waals surface area contributed by atoms with Crippen molar-refractivity contribution in [2.24, 2.45) is 35.5 Å². The minimum absolute atomic E-state index is 0. The van der Waals surface area contributed by atoms with Crippen molar-refractivity contribution in [3.63, 3.8) is 0 Å². The molecule has 10 heteroatoms. The second-order valence-electron chi connectivity index (χ2n) is 20.0. The third kappa shape index (κ3) is 11.9. The van der Waals surface area contributed by atoms with Gasteiger partial charge in [0.15, 0.2) is 0 Å². The van der Waals surface area contributed by atoms with E-state index in [1.165, 1.54) is 63.2 Å². The number of allylic oxidation sites excluding steroid dienone is 1. The molecule has 7 atom stereocenters. The molecule has 5 heterocycles. The van der Waals surface area contributed by atoms with Crippen LogP contribution in [0.15, 0.2) is 18.2 Å². The molecule has 0 spiro atoms. The van der Waals surface area contributed by atoms with E-state index in [0.717, 1.165) is 87.1 Å². The van der Waals surface area contributed by atoms with Crippen LogP contribution in [0.25, 0.3) is 34.9 Å². The van der Waals surface area contributed by atoms with Gasteiger partial charge in [-0.25, -0.2) is 0 Å². The molecular weight excluding hydrogens is 821 g/mol. The Morgan fingerprint density at radius 2 is 1.58 bits per heavy atom. The molecule has 1 aliphatic carbocycles. The summed E-state index contributed by atoms with van der Waals surface area (Å²) in [4.78, 5) is 42.6. The van der Waals surface area contributed by atoms with Gasteiger partial charge in [-0.1, -0.05) is 150 Å². The summed E-state index contributed by atoms with van der Waals surface area (Å²) in [5.74, 6) is 0.232. The largest absolute Gasteiger partial charge is 2.00 e. The first kappa shape index (κ1) is 52.2. The molecule has 0 radical (unpaired) electrons. The van der Waals surface area contributed by atoms with Crippen molar-refractivity contribution < 1.29 is 24.2 Å². The van der Waals surface area contributed by atoms with E-state index < -0.39 is 17.9 Å². The van der Waals surface area contributed by atoms with E-state index in [2.05, 4.69) is 81.0 Å². The first-order valence-electron chi connectivity index (χ1n) is 24.4. The molecule has 2 unspecified atom stereocenters. The van der Waals surface area contributed by atoms with Crippen molar-refractivity contribution in [2.45, 2.75) is 165 Å². The fourth-order valence-electron chi connectivity index (χ4n) is 10.7. The van der Waals surface area contributed by atoms with E-state index in [-0.39, 0.29) is 65.7 Å². The minimum atomic E-state index is -1.04. The third-order valence-corrected chi connectivity index (χ3v) is 14.9. The zero-order valence-corrected chi connectivity index (χ0v) is 43.0. The normalized spacial score (nSPS) is 22.2. The van der Waals surface area contributed by atoms with Gasteiger partial charge in [0.1, 0.15) is 18.3 Å². The molecule has 3 aromatic heterocycles. The summed E-state index contributed by atoms with van der Waals surface area (Å²) in [6.45, 7) is 26.4. The van der Waals surface area contributed by atoms with Gasteiger partial charge >= 0.3 is 35.0 Å². The summed E-state index contributed by atoms with van der Waals surface area (Å²) < 4.78 is 11.1. The van der Waals surface area contributed by atoms with E-state index in [1.54, 1.807) is 0 Å². The molecule has 350 valence electrons. The van der Waals surface area contributed by atoms with E-state index in [1.807, 2.05) is 19.1 Å². The van der Waals surface area contributed by atoms with Crippen molar-refractivity contribution in [1.29, 1.82) is 0 Å². The first-order chi connectivity index (χ1) is 30.6. The van der Waals surface area contributed by atoms with Crippen LogP contribution < -0.4 is 36.2 Å². The van der Waals surface area contributed by atoms with Gasteiger partial charge in [-0.05, 0) is 94.4 Å². The van der Waals surface area contributed by atoms with Gasteiger partial charge in [0.2, 0.25) is 0 Å². The zero-order chi connectivity index (χ0) is 46.4. The molecule has 3 aromatic rings. The minimum Gasteiger partial charge on any atom is -0.661 e. The van der Waals surface area contributed by atoms with E-state index in [4.69, 9.17) is 29.7 Å². The average molecular weight is 898 g/mol. The van der Waals surface area contributed by atoms with Gasteiger partial charge in [-0.2, -0.15) is 11.4 Å². The number of carbonyl (C=O) groups is 2. The summed E-state index contributed by atoms with van der Waals surface area (Å²) in [6, 6.07) is -0.814. The summed E-state index contributed by atoms with van der Waals surface area (Å²) in [6.07, 6.45) is 21.4. The smallest absolute Gasteiger partial charge is 0.661 e. The van der Waals surface area contributed by atoms with Crippen molar-refractivity contribution in [3.8, 4) is 0 Å². The predicted molar refractivity (Wildman–Crippen MR) is 265 cm³/mol. The van der Waals surface area contributed by atoms with E-state index in [9.17, 15) is 14.7 Å². The molecular formula is C55H76MgN4O5-2. The number of esters is 2. The molecule has 2 aliphatic heterocycles. The molecule has 1 N–H and O–H groups in total. The first-order valence-corrected chi connectivity index (χ1v) is 24.4. The van der Waals surface area contributed by atoms with Crippen LogP contribution in [-0.4, -0.2) is 65.9 Å². The van der Waals surface area contributed by atoms with Crippen LogP contribution in [0.4, 0.5) is 0 Å². The van der Waals surface area contributed by atoms with Crippen LogP contribution in [-0.2, 0) is 31.9 Å². The Hall–Kier alpha value is -3.73. The Bertz CT molecular complexity index is 2450. The fourth-order valence-corrected chi connectivity index (χ4v) is 10.7. The Morgan fingerprint density at radius 1 is 0.908 bits per heavy atom. The van der Waals surface area contributed by atoms with Gasteiger partial charge < -0.3 is 34.8 Å². The fraction of sp³-hybridized carbons (Fsp3) is 0.600. The molecule has 1 fully saturated rings. The van der Waals surface area contributed by atoms with Crippen LogP contribution in [0.2, 0.25) is 0 Å². The average Bonchev–Trinajstić information content (AvgIpc) is 3.99. The molecule has 0 amide bonds. The van der Waals surface area contributed by atoms with Crippen molar-refractivity contribution in [1.82, 2.24) is 15.0 Å². The quantitative estimate of drug-likeness (QED) is 0.0683. The van der Waals surface area contributed by atoms with Gasteiger partial charge in [-0.15, -0.1) is 39.9 Å². The maximum absolute atomic E-state index is 13.7. The molecule has 65 heavy (non-hydrogen) atoms. The molecule has 6 rings (SSSR count). The van der Waals surface area contributed by atoms with Crippen LogP contribution >= 0.6 is 0 Å². The van der Waals surface area contributed by atoms with Crippen LogP contribution in [0.1, 0.15) is 164 Å². The predicted octanol–water partition coefficient (Wildman–Crippen LogP) is 8.23. The molecule has 9 nitrogen and oxygen atoms in total. The third-order valence-electron chi connectivity index (χ3n) is 14.9. The summed E-state index contributed by atoms with van der Waals surface area (Å²) >= 11 is 0. The number of methoxy groups -OCH3 is 1. The SMILES string of the molecule is C=Cc1c(C)/c2[n-]/c1=C\c1[n-]c(c(CC)c1C)Cc1[n-]c3c(c1C)=C(O)[C@H](C(=O)OC)C=3C1[N-]C(\C=2)[C@@H](C)[C@@H]1CCC(=O)OC/C=C(\C)CCC[C@H](C)CCC[C@H](C)CCCC(C)C.[Mg+2]. The molecule has 8 bridgehead atoms. The number of carbonyl (C=O) groups excluding carboxylic acids is 2. The second-order valence-corrected chi connectivity index (χ2v) is 20.0. The van der Waals surface area contributed by atoms with Crippen LogP contribution in [0.5, 0.6) is 0 Å². The molecule has 3 aliphatic rings. The zero-order valence-electron chi connectivity index (χ0n) is 41.6. The number of aliphatic hydroxyl groups is 1. The van der Waals surface area contributed by atoms with Gasteiger partial charge in [0.05, 0.1) is 7.11 Å². The monoisotopic (exact) mass is 897 g/mol. The number of aromatic nitrogens is 3. The van der Waals surface area contributed by atoms with Crippen LogP contribution in [0.3, 0.4) is 0 Å². The second kappa shape index (κ2) is 23.3. The van der Waals surface area contributed by atoms with Crippen LogP contribution in [0, 0.1) is 56.3 Å². The van der Waals surface area contributed by atoms with Gasteiger partial charge in [0, 0.05) is 6.42 Å². The molecule has 0 saturated carbocycles. The van der Waals surface area contributed by atoms with E-state index in [0.29, 0.717) is 29.0 Å². The standard InChI is InChI=1S/C55H76N4O5.Mg/c1-13-39-35(8)42-28-44-37(10)41(24-25-48(60)64-27-26-34(7)23-17-22-33(6)21-16-20-32(5)19-15-18-31(3)4)52(58-44)50-51(55(62)63-12)54(61)49-38(11)45(59-53(49)50)30-47-40(14-2)36(9)43(57-47)29-46(39)56-42;/h13,26,28-29,31-33,37,41,44,51-52,61H,1,14-25,27,30H2,2-12H3;/q-4;+2/b34-26+,42-28-,46-29-;/t32-,33-,37+,41+,44?,51-,52?;/m1./s1. The number of fused-ring (bicyclic) bond motifs is 8. The topological polar surface area (TPSA) is 129 Å². The summed E-state index contributed by atoms with van der Waals surface area (Å²) in [7, 11) is 1.34. The number of nitrogens with zero attached hydrogens (tertiary/aromatic N) is 4. The molecule has 1 saturated heterocycles. The number of hydrogen-bond acceptors (Lipinski definition) is 5. The molecule has 0 aromatic carbocycles. The Morgan fingerprint density at radius 3 is 2.23 bits per heavy atom. The number of hydrogen-bond donors (Lipinski definition) is 1.